The van der Waals surface area contributed by atoms with Gasteiger partial charge in [0.05, 0.1) is 10.7 Å². The minimum Gasteiger partial charge on any atom is -0.487 e. The number of hydrogen-bond acceptors (Lipinski definition) is 5. The smallest absolute Gasteiger partial charge is 0.225 e. The fourth-order valence-electron chi connectivity index (χ4n) is 4.15. The van der Waals surface area contributed by atoms with Crippen molar-refractivity contribution in [3.63, 3.8) is 0 Å². The van der Waals surface area contributed by atoms with Gasteiger partial charge in [-0.3, -0.25) is 14.5 Å². The number of fused-ring (bicyclic) bond motifs is 1. The highest BCUT2D eigenvalue weighted by atomic mass is 35.5. The number of rotatable bonds is 8. The van der Waals surface area contributed by atoms with E-state index in [1.807, 2.05) is 56.8 Å². The van der Waals surface area contributed by atoms with Gasteiger partial charge in [-0.05, 0) is 37.1 Å². The molecule has 1 unspecified atom stereocenters. The molecule has 0 aliphatic carbocycles. The lowest BCUT2D eigenvalue weighted by Gasteiger charge is -2.22. The third kappa shape index (κ3) is 5.15. The molecule has 3 aromatic heterocycles. The maximum absolute atomic E-state index is 12.6. The number of carbonyl (C=O) groups excluding carboxylic acids is 1. The van der Waals surface area contributed by atoms with Crippen LogP contribution < -0.4 is 4.74 Å². The first kappa shape index (κ1) is 24.7. The molecule has 4 aromatic rings. The van der Waals surface area contributed by atoms with Crippen LogP contribution in [-0.2, 0) is 25.0 Å². The van der Waals surface area contributed by atoms with Crippen LogP contribution in [0.3, 0.4) is 0 Å². The number of para-hydroxylation sites is 1. The van der Waals surface area contributed by atoms with Crippen LogP contribution >= 0.6 is 11.6 Å². The van der Waals surface area contributed by atoms with Crippen LogP contribution in [0, 0.1) is 12.8 Å². The summed E-state index contributed by atoms with van der Waals surface area (Å²) < 4.78 is 8.14. The molecule has 0 aliphatic heterocycles. The van der Waals surface area contributed by atoms with Gasteiger partial charge < -0.3 is 9.64 Å². The quantitative estimate of drug-likeness (QED) is 0.322. The summed E-state index contributed by atoms with van der Waals surface area (Å²) in [5.74, 6) is 0.721. The Bertz CT molecular complexity index is 1370. The molecule has 8 heteroatoms. The molecule has 0 N–H and O–H groups in total. The van der Waals surface area contributed by atoms with Crippen molar-refractivity contribution in [1.82, 2.24) is 24.6 Å². The van der Waals surface area contributed by atoms with Crippen molar-refractivity contribution in [2.24, 2.45) is 13.0 Å². The number of halogens is 1. The normalized spacial score (nSPS) is 12.1. The summed E-state index contributed by atoms with van der Waals surface area (Å²) in [4.78, 5) is 23.4. The lowest BCUT2D eigenvalue weighted by Crippen LogP contribution is -2.31. The predicted octanol–water partition coefficient (Wildman–Crippen LogP) is 5.58. The summed E-state index contributed by atoms with van der Waals surface area (Å²) in [7, 11) is 3.73. The summed E-state index contributed by atoms with van der Waals surface area (Å²) in [5.41, 5.74) is 5.38. The van der Waals surface area contributed by atoms with Gasteiger partial charge in [0.25, 0.3) is 0 Å². The Morgan fingerprint density at radius 1 is 1.26 bits per heavy atom. The van der Waals surface area contributed by atoms with Crippen LogP contribution in [0.25, 0.3) is 22.2 Å². The zero-order chi connectivity index (χ0) is 25.1. The summed E-state index contributed by atoms with van der Waals surface area (Å²) >= 11 is 6.53. The van der Waals surface area contributed by atoms with Crippen LogP contribution in [0.2, 0.25) is 5.02 Å². The second-order valence-electron chi connectivity index (χ2n) is 8.85. The highest BCUT2D eigenvalue weighted by Gasteiger charge is 2.19. The molecular formula is C27H30ClN5O2. The Hall–Kier alpha value is -3.45. The molecule has 1 amide bonds. The molecule has 0 saturated heterocycles. The topological polar surface area (TPSA) is 73.1 Å². The SMILES string of the molecule is CCC(C)C(=O)N(C)Cc1cncc(Cl)c1COc1cccc2c(-c3ccnn3C)cc(C)nc12. The minimum atomic E-state index is -0.0366. The van der Waals surface area contributed by atoms with Gasteiger partial charge in [-0.25, -0.2) is 4.98 Å². The van der Waals surface area contributed by atoms with Gasteiger partial charge >= 0.3 is 0 Å². The third-order valence-electron chi connectivity index (χ3n) is 6.31. The van der Waals surface area contributed by atoms with Crippen molar-refractivity contribution in [1.29, 1.82) is 0 Å². The predicted molar refractivity (Wildman–Crippen MR) is 138 cm³/mol. The van der Waals surface area contributed by atoms with Crippen LogP contribution in [0.1, 0.15) is 37.1 Å². The first-order chi connectivity index (χ1) is 16.8. The van der Waals surface area contributed by atoms with Crippen molar-refractivity contribution in [2.45, 2.75) is 40.3 Å². The van der Waals surface area contributed by atoms with Gasteiger partial charge in [-0.15, -0.1) is 0 Å². The second kappa shape index (κ2) is 10.4. The largest absolute Gasteiger partial charge is 0.487 e. The number of carbonyl (C=O) groups is 1. The number of nitrogens with zero attached hydrogens (tertiary/aromatic N) is 5. The van der Waals surface area contributed by atoms with Crippen molar-refractivity contribution in [3.05, 3.63) is 70.8 Å². The number of pyridine rings is 2. The standard InChI is InChI=1S/C27H30ClN5O2/c1-6-17(2)27(34)32(4)15-19-13-29-14-23(28)22(19)16-35-25-9-7-8-20-21(12-18(3)31-26(20)25)24-10-11-30-33(24)5/h7-14,17H,6,15-16H2,1-5H3. The summed E-state index contributed by atoms with van der Waals surface area (Å²) in [6, 6.07) is 9.96. The lowest BCUT2D eigenvalue weighted by molar-refractivity contribution is -0.134. The van der Waals surface area contributed by atoms with Gasteiger partial charge in [0, 0.05) is 67.4 Å². The summed E-state index contributed by atoms with van der Waals surface area (Å²) in [6.45, 7) is 6.56. The van der Waals surface area contributed by atoms with E-state index in [1.165, 1.54) is 0 Å². The number of aryl methyl sites for hydroxylation is 2. The Morgan fingerprint density at radius 3 is 2.77 bits per heavy atom. The van der Waals surface area contributed by atoms with Crippen LogP contribution in [0.15, 0.2) is 48.9 Å². The van der Waals surface area contributed by atoms with Gasteiger partial charge in [0.2, 0.25) is 5.91 Å². The second-order valence-corrected chi connectivity index (χ2v) is 9.26. The Kier molecular flexibility index (Phi) is 7.36. The molecule has 35 heavy (non-hydrogen) atoms. The van der Waals surface area contributed by atoms with Crippen molar-refractivity contribution in [3.8, 4) is 17.0 Å². The fourth-order valence-corrected chi connectivity index (χ4v) is 4.38. The zero-order valence-corrected chi connectivity index (χ0v) is 21.5. The van der Waals surface area contributed by atoms with Gasteiger partial charge in [-0.2, -0.15) is 5.10 Å². The molecule has 0 saturated carbocycles. The van der Waals surface area contributed by atoms with E-state index in [2.05, 4.69) is 16.1 Å². The van der Waals surface area contributed by atoms with Gasteiger partial charge in [-0.1, -0.05) is 37.6 Å². The maximum atomic E-state index is 12.6. The molecule has 4 rings (SSSR count). The number of aromatic nitrogens is 4. The first-order valence-electron chi connectivity index (χ1n) is 11.7. The Labute approximate surface area is 210 Å². The monoisotopic (exact) mass is 491 g/mol. The first-order valence-corrected chi connectivity index (χ1v) is 12.1. The fraction of sp³-hybridized carbons (Fsp3) is 0.333. The number of amides is 1. The van der Waals surface area contributed by atoms with Crippen LogP contribution in [0.5, 0.6) is 5.75 Å². The molecule has 1 atom stereocenters. The molecule has 0 aliphatic rings. The van der Waals surface area contributed by atoms with Crippen LogP contribution in [0.4, 0.5) is 0 Å². The van der Waals surface area contributed by atoms with E-state index >= 15 is 0 Å². The maximum Gasteiger partial charge on any atom is 0.225 e. The Morgan fingerprint density at radius 2 is 2.06 bits per heavy atom. The molecule has 1 aromatic carbocycles. The van der Waals surface area contributed by atoms with Crippen molar-refractivity contribution >= 4 is 28.4 Å². The molecule has 0 radical (unpaired) electrons. The number of benzene rings is 1. The lowest BCUT2D eigenvalue weighted by atomic mass is 10.0. The molecule has 7 nitrogen and oxygen atoms in total. The number of hydrogen-bond donors (Lipinski definition) is 0. The van der Waals surface area contributed by atoms with E-state index in [-0.39, 0.29) is 18.4 Å². The minimum absolute atomic E-state index is 0.0366. The van der Waals surface area contributed by atoms with Gasteiger partial charge in [0.15, 0.2) is 0 Å². The van der Waals surface area contributed by atoms with E-state index in [0.717, 1.165) is 45.4 Å². The summed E-state index contributed by atoms with van der Waals surface area (Å²) in [6.07, 6.45) is 5.93. The van der Waals surface area contributed by atoms with E-state index in [4.69, 9.17) is 21.3 Å². The van der Waals surface area contributed by atoms with Crippen molar-refractivity contribution < 1.29 is 9.53 Å². The zero-order valence-electron chi connectivity index (χ0n) is 20.7. The van der Waals surface area contributed by atoms with E-state index < -0.39 is 0 Å². The molecule has 0 bridgehead atoms. The van der Waals surface area contributed by atoms with Crippen molar-refractivity contribution in [2.75, 3.05) is 7.05 Å². The van der Waals surface area contributed by atoms with E-state index in [0.29, 0.717) is 17.3 Å². The average molecular weight is 492 g/mol. The number of ether oxygens (including phenoxy) is 1. The third-order valence-corrected chi connectivity index (χ3v) is 6.64. The molecule has 0 fully saturated rings. The molecule has 3 heterocycles. The molecular weight excluding hydrogens is 462 g/mol. The highest BCUT2D eigenvalue weighted by molar-refractivity contribution is 6.31. The van der Waals surface area contributed by atoms with Gasteiger partial charge in [0.1, 0.15) is 17.9 Å². The molecule has 0 spiro atoms. The van der Waals surface area contributed by atoms with Crippen LogP contribution in [-0.4, -0.2) is 37.6 Å². The van der Waals surface area contributed by atoms with E-state index in [1.54, 1.807) is 30.5 Å². The Balaban J connectivity index is 1.65. The summed E-state index contributed by atoms with van der Waals surface area (Å²) in [5, 5.41) is 5.81. The average Bonchev–Trinajstić information content (AvgIpc) is 3.27. The van der Waals surface area contributed by atoms with E-state index in [9.17, 15) is 4.79 Å². The molecule has 182 valence electrons. The highest BCUT2D eigenvalue weighted by Crippen LogP contribution is 2.34.